The van der Waals surface area contributed by atoms with Gasteiger partial charge in [0.05, 0.1) is 9.95 Å². The molecule has 0 N–H and O–H groups in total. The molecule has 0 heterocycles. The largest absolute Gasteiger partial charge is 0.270 e. The first kappa shape index (κ1) is 15.2. The molecular weight excluding hydrogens is 304 g/mol. The fraction of sp³-hybridized carbons (Fsp3) is 0.500. The monoisotopic (exact) mass is 318 g/mol. The van der Waals surface area contributed by atoms with Gasteiger partial charge in [-0.2, -0.15) is 4.31 Å². The normalized spacial score (nSPS) is 16.8. The molecule has 20 heavy (non-hydrogen) atoms. The van der Waals surface area contributed by atoms with Gasteiger partial charge < -0.3 is 0 Å². The molecule has 110 valence electrons. The third-order valence-corrected chi connectivity index (χ3v) is 6.01. The van der Waals surface area contributed by atoms with Crippen LogP contribution in [0, 0.1) is 10.1 Å². The van der Waals surface area contributed by atoms with Crippen LogP contribution >= 0.6 is 11.6 Å². The lowest BCUT2D eigenvalue weighted by Crippen LogP contribution is -2.35. The topological polar surface area (TPSA) is 80.5 Å². The lowest BCUT2D eigenvalue weighted by atomic mass is 10.3. The van der Waals surface area contributed by atoms with Crippen molar-refractivity contribution < 1.29 is 13.3 Å². The summed E-state index contributed by atoms with van der Waals surface area (Å²) in [5.41, 5.74) is -0.284. The van der Waals surface area contributed by atoms with Gasteiger partial charge in [0.2, 0.25) is 10.0 Å². The van der Waals surface area contributed by atoms with E-state index in [-0.39, 0.29) is 21.6 Å². The van der Waals surface area contributed by atoms with Crippen molar-refractivity contribution in [2.45, 2.75) is 36.6 Å². The highest BCUT2D eigenvalue weighted by Gasteiger charge is 2.32. The van der Waals surface area contributed by atoms with Crippen LogP contribution in [-0.2, 0) is 10.0 Å². The molecule has 1 aromatic rings. The Labute approximate surface area is 122 Å². The molecule has 0 saturated heterocycles. The van der Waals surface area contributed by atoms with Crippen molar-refractivity contribution in [3.8, 4) is 0 Å². The molecule has 6 nitrogen and oxygen atoms in total. The van der Waals surface area contributed by atoms with Gasteiger partial charge in [-0.1, -0.05) is 24.4 Å². The van der Waals surface area contributed by atoms with Crippen molar-refractivity contribution in [2.75, 3.05) is 7.05 Å². The fourth-order valence-corrected chi connectivity index (χ4v) is 4.33. The van der Waals surface area contributed by atoms with Gasteiger partial charge in [0.25, 0.3) is 5.69 Å². The second-order valence-corrected chi connectivity index (χ2v) is 7.20. The smallest absolute Gasteiger partial charge is 0.258 e. The predicted octanol–water partition coefficient (Wildman–Crippen LogP) is 2.81. The van der Waals surface area contributed by atoms with Gasteiger partial charge in [-0.3, -0.25) is 10.1 Å². The van der Waals surface area contributed by atoms with Gasteiger partial charge >= 0.3 is 0 Å². The average Bonchev–Trinajstić information content (AvgIpc) is 2.91. The number of sulfonamides is 1. The summed E-state index contributed by atoms with van der Waals surface area (Å²) in [6, 6.07) is 3.39. The van der Waals surface area contributed by atoms with E-state index in [0.717, 1.165) is 31.7 Å². The van der Waals surface area contributed by atoms with E-state index in [1.807, 2.05) is 0 Å². The molecule has 0 amide bonds. The predicted molar refractivity (Wildman–Crippen MR) is 75.3 cm³/mol. The van der Waals surface area contributed by atoms with Gasteiger partial charge in [-0.05, 0) is 18.9 Å². The quantitative estimate of drug-likeness (QED) is 0.631. The number of benzene rings is 1. The van der Waals surface area contributed by atoms with Crippen molar-refractivity contribution >= 4 is 27.3 Å². The minimum Gasteiger partial charge on any atom is -0.258 e. The van der Waals surface area contributed by atoms with Gasteiger partial charge in [0.1, 0.15) is 4.90 Å². The first-order valence-corrected chi connectivity index (χ1v) is 8.08. The summed E-state index contributed by atoms with van der Waals surface area (Å²) in [5, 5.41) is 10.8. The van der Waals surface area contributed by atoms with E-state index >= 15 is 0 Å². The lowest BCUT2D eigenvalue weighted by Gasteiger charge is -2.23. The Morgan fingerprint density at radius 3 is 2.50 bits per heavy atom. The third kappa shape index (κ3) is 2.79. The van der Waals surface area contributed by atoms with Crippen molar-refractivity contribution in [2.24, 2.45) is 0 Å². The van der Waals surface area contributed by atoms with Crippen molar-refractivity contribution in [1.82, 2.24) is 4.31 Å². The minimum absolute atomic E-state index is 0.000414. The summed E-state index contributed by atoms with van der Waals surface area (Å²) in [6.07, 6.45) is 3.60. The number of non-ortho nitro benzene ring substituents is 1. The van der Waals surface area contributed by atoms with E-state index in [2.05, 4.69) is 0 Å². The zero-order valence-electron chi connectivity index (χ0n) is 11.0. The van der Waals surface area contributed by atoms with Crippen LogP contribution in [0.4, 0.5) is 5.69 Å². The van der Waals surface area contributed by atoms with Gasteiger partial charge in [-0.25, -0.2) is 8.42 Å². The summed E-state index contributed by atoms with van der Waals surface area (Å²) in [5.74, 6) is 0. The van der Waals surface area contributed by atoms with Crippen molar-refractivity contribution in [3.05, 3.63) is 33.3 Å². The number of nitrogens with zero attached hydrogens (tertiary/aromatic N) is 2. The number of nitro groups is 1. The minimum atomic E-state index is -3.81. The molecule has 1 saturated carbocycles. The maximum atomic E-state index is 12.5. The Balaban J connectivity index is 2.42. The highest BCUT2D eigenvalue weighted by Crippen LogP contribution is 2.32. The molecule has 2 rings (SSSR count). The lowest BCUT2D eigenvalue weighted by molar-refractivity contribution is -0.385. The number of hydrogen-bond donors (Lipinski definition) is 0. The van der Waals surface area contributed by atoms with Gasteiger partial charge in [-0.15, -0.1) is 0 Å². The van der Waals surface area contributed by atoms with Gasteiger partial charge in [0.15, 0.2) is 0 Å². The molecule has 1 aliphatic rings. The molecule has 0 aromatic heterocycles. The molecule has 0 bridgehead atoms. The maximum absolute atomic E-state index is 12.5. The van der Waals surface area contributed by atoms with Crippen LogP contribution in [0.3, 0.4) is 0 Å². The molecule has 0 unspecified atom stereocenters. The van der Waals surface area contributed by atoms with E-state index in [4.69, 9.17) is 11.6 Å². The Morgan fingerprint density at radius 2 is 1.95 bits per heavy atom. The van der Waals surface area contributed by atoms with Crippen LogP contribution < -0.4 is 0 Å². The zero-order chi connectivity index (χ0) is 14.9. The van der Waals surface area contributed by atoms with E-state index < -0.39 is 14.9 Å². The molecule has 1 fully saturated rings. The molecular formula is C12H15ClN2O4S. The number of hydrogen-bond acceptors (Lipinski definition) is 4. The highest BCUT2D eigenvalue weighted by atomic mass is 35.5. The van der Waals surface area contributed by atoms with E-state index in [1.165, 1.54) is 23.5 Å². The Morgan fingerprint density at radius 1 is 1.35 bits per heavy atom. The van der Waals surface area contributed by atoms with E-state index in [1.54, 1.807) is 0 Å². The summed E-state index contributed by atoms with van der Waals surface area (Å²) in [4.78, 5) is 9.93. The van der Waals surface area contributed by atoms with Crippen LogP contribution in [0.25, 0.3) is 0 Å². The highest BCUT2D eigenvalue weighted by molar-refractivity contribution is 7.89. The molecule has 0 radical (unpaired) electrons. The molecule has 1 aliphatic carbocycles. The maximum Gasteiger partial charge on any atom is 0.270 e. The number of nitro benzene ring substituents is 1. The Kier molecular flexibility index (Phi) is 4.31. The molecule has 1 aromatic carbocycles. The van der Waals surface area contributed by atoms with Crippen LogP contribution in [0.2, 0.25) is 5.02 Å². The standard InChI is InChI=1S/C12H15ClN2O4S/c1-14(9-4-2-3-5-9)20(18,19)12-8-10(15(16)17)6-7-11(12)13/h6-9H,2-5H2,1H3. The van der Waals surface area contributed by atoms with Crippen LogP contribution in [0.15, 0.2) is 23.1 Å². The SMILES string of the molecule is CN(C1CCCC1)S(=O)(=O)c1cc([N+](=O)[O-])ccc1Cl. The second kappa shape index (κ2) is 5.67. The first-order chi connectivity index (χ1) is 9.34. The second-order valence-electron chi connectivity index (χ2n) is 4.83. The van der Waals surface area contributed by atoms with Crippen LogP contribution in [0.1, 0.15) is 25.7 Å². The molecule has 0 spiro atoms. The number of halogens is 1. The van der Waals surface area contributed by atoms with Crippen LogP contribution in [-0.4, -0.2) is 30.7 Å². The molecule has 0 aliphatic heterocycles. The van der Waals surface area contributed by atoms with Crippen molar-refractivity contribution in [1.29, 1.82) is 0 Å². The van der Waals surface area contributed by atoms with Gasteiger partial charge in [0, 0.05) is 25.2 Å². The van der Waals surface area contributed by atoms with E-state index in [9.17, 15) is 18.5 Å². The van der Waals surface area contributed by atoms with Crippen molar-refractivity contribution in [3.63, 3.8) is 0 Å². The first-order valence-electron chi connectivity index (χ1n) is 6.26. The number of rotatable bonds is 4. The summed E-state index contributed by atoms with van der Waals surface area (Å²) >= 11 is 5.91. The molecule has 0 atom stereocenters. The molecule has 8 heteroatoms. The summed E-state index contributed by atoms with van der Waals surface area (Å²) in [6.45, 7) is 0. The summed E-state index contributed by atoms with van der Waals surface area (Å²) in [7, 11) is -2.31. The Hall–Kier alpha value is -1.18. The zero-order valence-corrected chi connectivity index (χ0v) is 12.5. The third-order valence-electron chi connectivity index (χ3n) is 3.62. The average molecular weight is 319 g/mol. The Bertz CT molecular complexity index is 626. The van der Waals surface area contributed by atoms with E-state index in [0.29, 0.717) is 0 Å². The van der Waals surface area contributed by atoms with Crippen LogP contribution in [0.5, 0.6) is 0 Å². The summed E-state index contributed by atoms with van der Waals surface area (Å²) < 4.78 is 26.4. The fourth-order valence-electron chi connectivity index (χ4n) is 2.42.